The minimum absolute atomic E-state index is 0.0969. The highest BCUT2D eigenvalue weighted by Gasteiger charge is 2.37. The van der Waals surface area contributed by atoms with E-state index in [0.717, 1.165) is 30.8 Å². The summed E-state index contributed by atoms with van der Waals surface area (Å²) < 4.78 is 0. The van der Waals surface area contributed by atoms with Crippen molar-refractivity contribution in [3.8, 4) is 6.07 Å². The third kappa shape index (κ3) is 4.23. The van der Waals surface area contributed by atoms with Gasteiger partial charge in [-0.05, 0) is 24.8 Å². The number of aryl methyl sites for hydroxylation is 1. The molecule has 2 heterocycles. The first-order valence-corrected chi connectivity index (χ1v) is 10.2. The minimum Gasteiger partial charge on any atom is -0.315 e. The zero-order chi connectivity index (χ0) is 16.1. The van der Waals surface area contributed by atoms with Crippen LogP contribution >= 0.6 is 23.5 Å². The highest BCUT2D eigenvalue weighted by Crippen LogP contribution is 2.27. The number of nitriles is 1. The number of amides is 1. The second-order valence-corrected chi connectivity index (χ2v) is 8.11. The normalized spacial score (nSPS) is 27.1. The van der Waals surface area contributed by atoms with Gasteiger partial charge in [0.15, 0.2) is 0 Å². The number of benzene rings is 1. The van der Waals surface area contributed by atoms with E-state index in [9.17, 15) is 4.79 Å². The number of rotatable bonds is 5. The van der Waals surface area contributed by atoms with E-state index in [0.29, 0.717) is 11.3 Å². The van der Waals surface area contributed by atoms with Crippen molar-refractivity contribution in [1.29, 1.82) is 5.26 Å². The smallest absolute Gasteiger partial charge is 0.242 e. The highest BCUT2D eigenvalue weighted by molar-refractivity contribution is 8.00. The number of hydrogen-bond donors (Lipinski definition) is 1. The molecule has 1 aromatic carbocycles. The number of nitrogens with one attached hydrogen (secondary N) is 1. The summed E-state index contributed by atoms with van der Waals surface area (Å²) in [6.07, 6.45) is 3.27. The molecule has 3 rings (SSSR count). The Labute approximate surface area is 146 Å². The Bertz CT molecular complexity index is 575. The fraction of sp³-hybridized carbons (Fsp3) is 0.529. The summed E-state index contributed by atoms with van der Waals surface area (Å²) in [6.45, 7) is 0. The highest BCUT2D eigenvalue weighted by atomic mass is 32.2. The molecule has 2 fully saturated rings. The monoisotopic (exact) mass is 347 g/mol. The van der Waals surface area contributed by atoms with Gasteiger partial charge in [-0.1, -0.05) is 30.3 Å². The van der Waals surface area contributed by atoms with Crippen molar-refractivity contribution in [1.82, 2.24) is 10.2 Å². The molecule has 2 saturated heterocycles. The van der Waals surface area contributed by atoms with Gasteiger partial charge in [0.1, 0.15) is 6.04 Å². The molecule has 0 aromatic heterocycles. The summed E-state index contributed by atoms with van der Waals surface area (Å²) in [5, 5.41) is 12.9. The van der Waals surface area contributed by atoms with E-state index < -0.39 is 0 Å². The first-order valence-electron chi connectivity index (χ1n) is 7.97. The number of hydrogen-bond acceptors (Lipinski definition) is 5. The molecule has 0 spiro atoms. The Balaban J connectivity index is 1.43. The van der Waals surface area contributed by atoms with Crippen molar-refractivity contribution in [3.63, 3.8) is 0 Å². The lowest BCUT2D eigenvalue weighted by Crippen LogP contribution is -2.48. The Morgan fingerprint density at radius 2 is 2.17 bits per heavy atom. The van der Waals surface area contributed by atoms with Gasteiger partial charge in [-0.15, -0.1) is 23.5 Å². The van der Waals surface area contributed by atoms with Gasteiger partial charge in [0.25, 0.3) is 0 Å². The fourth-order valence-electron chi connectivity index (χ4n) is 2.95. The maximum absolute atomic E-state index is 12.5. The van der Waals surface area contributed by atoms with Gasteiger partial charge >= 0.3 is 0 Å². The quantitative estimate of drug-likeness (QED) is 0.887. The molecule has 2 aliphatic rings. The van der Waals surface area contributed by atoms with Crippen molar-refractivity contribution >= 4 is 29.4 Å². The molecule has 6 heteroatoms. The third-order valence-electron chi connectivity index (χ3n) is 4.24. The van der Waals surface area contributed by atoms with Gasteiger partial charge in [-0.25, -0.2) is 0 Å². The lowest BCUT2D eigenvalue weighted by atomic mass is 10.1. The molecular formula is C17H21N3OS2. The minimum atomic E-state index is -0.253. The van der Waals surface area contributed by atoms with Crippen LogP contribution in [0.2, 0.25) is 0 Å². The molecule has 1 N–H and O–H groups in total. The van der Waals surface area contributed by atoms with E-state index in [1.54, 1.807) is 16.7 Å². The van der Waals surface area contributed by atoms with Gasteiger partial charge in [0, 0.05) is 11.5 Å². The van der Waals surface area contributed by atoms with E-state index in [4.69, 9.17) is 5.26 Å². The van der Waals surface area contributed by atoms with Crippen LogP contribution in [0.15, 0.2) is 30.3 Å². The molecule has 0 bridgehead atoms. The van der Waals surface area contributed by atoms with Crippen LogP contribution in [-0.4, -0.2) is 45.6 Å². The number of thioether (sulfide) groups is 2. The van der Waals surface area contributed by atoms with Crippen LogP contribution in [0, 0.1) is 11.3 Å². The summed E-state index contributed by atoms with van der Waals surface area (Å²) in [4.78, 5) is 14.3. The lowest BCUT2D eigenvalue weighted by molar-refractivity contribution is -0.132. The molecule has 0 radical (unpaired) electrons. The van der Waals surface area contributed by atoms with Gasteiger partial charge in [-0.2, -0.15) is 5.26 Å². The molecule has 0 aliphatic carbocycles. The molecule has 0 saturated carbocycles. The van der Waals surface area contributed by atoms with Crippen LogP contribution in [0.5, 0.6) is 0 Å². The molecule has 3 atom stereocenters. The van der Waals surface area contributed by atoms with E-state index in [2.05, 4.69) is 35.7 Å². The summed E-state index contributed by atoms with van der Waals surface area (Å²) in [6, 6.07) is 12.4. The van der Waals surface area contributed by atoms with E-state index in [-0.39, 0.29) is 18.0 Å². The second kappa shape index (κ2) is 8.09. The Morgan fingerprint density at radius 1 is 1.35 bits per heavy atom. The molecule has 1 unspecified atom stereocenters. The maximum Gasteiger partial charge on any atom is 0.242 e. The van der Waals surface area contributed by atoms with Gasteiger partial charge in [0.2, 0.25) is 5.91 Å². The van der Waals surface area contributed by atoms with Crippen LogP contribution in [0.25, 0.3) is 0 Å². The van der Waals surface area contributed by atoms with Crippen molar-refractivity contribution < 1.29 is 4.79 Å². The van der Waals surface area contributed by atoms with Crippen molar-refractivity contribution in [3.05, 3.63) is 35.9 Å². The predicted octanol–water partition coefficient (Wildman–Crippen LogP) is 2.47. The van der Waals surface area contributed by atoms with Crippen LogP contribution in [0.3, 0.4) is 0 Å². The zero-order valence-electron chi connectivity index (χ0n) is 13.0. The first kappa shape index (κ1) is 16.7. The Kier molecular flexibility index (Phi) is 5.87. The number of carbonyl (C=O) groups excluding carboxylic acids is 1. The van der Waals surface area contributed by atoms with Crippen LogP contribution in [-0.2, 0) is 11.2 Å². The standard InChI is InChI=1S/C17H21N3OS2/c18-9-14-10-22-12-20(14)17(21)15-11-23-16(19-15)8-4-7-13-5-2-1-3-6-13/h1-3,5-6,14-16,19H,4,7-8,10-12H2/t14-,15+,16?/m1/s1. The molecular weight excluding hydrogens is 326 g/mol. The Hall–Kier alpha value is -1.16. The van der Waals surface area contributed by atoms with Crippen molar-refractivity contribution in [2.24, 2.45) is 0 Å². The topological polar surface area (TPSA) is 56.1 Å². The summed E-state index contributed by atoms with van der Waals surface area (Å²) in [5.74, 6) is 2.30. The summed E-state index contributed by atoms with van der Waals surface area (Å²) in [7, 11) is 0. The van der Waals surface area contributed by atoms with Crippen LogP contribution in [0.1, 0.15) is 18.4 Å². The third-order valence-corrected chi connectivity index (χ3v) is 6.55. The number of nitrogens with zero attached hydrogens (tertiary/aromatic N) is 2. The molecule has 4 nitrogen and oxygen atoms in total. The van der Waals surface area contributed by atoms with Crippen molar-refractivity contribution in [2.75, 3.05) is 17.4 Å². The van der Waals surface area contributed by atoms with Gasteiger partial charge < -0.3 is 4.90 Å². The Morgan fingerprint density at radius 3 is 2.96 bits per heavy atom. The largest absolute Gasteiger partial charge is 0.315 e. The van der Waals surface area contributed by atoms with Gasteiger partial charge in [0.05, 0.1) is 23.4 Å². The molecule has 122 valence electrons. The number of carbonyl (C=O) groups is 1. The summed E-state index contributed by atoms with van der Waals surface area (Å²) in [5.41, 5.74) is 1.37. The van der Waals surface area contributed by atoms with E-state index in [1.165, 1.54) is 5.56 Å². The molecule has 1 aromatic rings. The van der Waals surface area contributed by atoms with Crippen molar-refractivity contribution in [2.45, 2.75) is 36.7 Å². The zero-order valence-corrected chi connectivity index (χ0v) is 14.6. The average Bonchev–Trinajstić information content (AvgIpc) is 3.24. The van der Waals surface area contributed by atoms with Gasteiger partial charge in [-0.3, -0.25) is 10.1 Å². The average molecular weight is 348 g/mol. The predicted molar refractivity (Wildman–Crippen MR) is 96.1 cm³/mol. The van der Waals surface area contributed by atoms with Crippen LogP contribution < -0.4 is 5.32 Å². The van der Waals surface area contributed by atoms with E-state index >= 15 is 0 Å². The fourth-order valence-corrected chi connectivity index (χ4v) is 5.29. The lowest BCUT2D eigenvalue weighted by Gasteiger charge is -2.22. The first-order chi connectivity index (χ1) is 11.3. The molecule has 2 aliphatic heterocycles. The SMILES string of the molecule is N#C[C@@H]1CSCN1C(=O)[C@@H]1CSC(CCCc2ccccc2)N1. The van der Waals surface area contributed by atoms with E-state index in [1.807, 2.05) is 17.8 Å². The molecule has 23 heavy (non-hydrogen) atoms. The second-order valence-electron chi connectivity index (χ2n) is 5.87. The molecule has 1 amide bonds. The summed E-state index contributed by atoms with van der Waals surface area (Å²) >= 11 is 3.50. The maximum atomic E-state index is 12.5. The van der Waals surface area contributed by atoms with Crippen LogP contribution in [0.4, 0.5) is 0 Å².